The highest BCUT2D eigenvalue weighted by Gasteiger charge is 2.32. The van der Waals surface area contributed by atoms with Crippen molar-refractivity contribution in [1.82, 2.24) is 0 Å². The van der Waals surface area contributed by atoms with E-state index >= 15 is 0 Å². The fourth-order valence-corrected chi connectivity index (χ4v) is 3.20. The van der Waals surface area contributed by atoms with E-state index in [1.807, 2.05) is 33.8 Å². The Hall–Kier alpha value is -2.89. The summed E-state index contributed by atoms with van der Waals surface area (Å²) < 4.78 is 16.7. The summed E-state index contributed by atoms with van der Waals surface area (Å²) in [5.41, 5.74) is 1.86. The summed E-state index contributed by atoms with van der Waals surface area (Å²) in [7, 11) is 2.85. The lowest BCUT2D eigenvalue weighted by Crippen LogP contribution is -2.19. The molecule has 0 amide bonds. The highest BCUT2D eigenvalue weighted by atomic mass is 16.5. The molecule has 0 saturated carbocycles. The van der Waals surface area contributed by atoms with Crippen LogP contribution in [0.4, 0.5) is 0 Å². The van der Waals surface area contributed by atoms with Crippen LogP contribution in [0.15, 0.2) is 29.9 Å². The van der Waals surface area contributed by atoms with Crippen LogP contribution >= 0.6 is 0 Å². The van der Waals surface area contributed by atoms with Crippen molar-refractivity contribution in [2.75, 3.05) is 14.2 Å². The molecule has 1 aliphatic rings. The van der Waals surface area contributed by atoms with Gasteiger partial charge in [0.25, 0.3) is 0 Å². The summed E-state index contributed by atoms with van der Waals surface area (Å²) in [6, 6.07) is 1.62. The van der Waals surface area contributed by atoms with Gasteiger partial charge in [0.05, 0.1) is 25.3 Å². The first-order valence-corrected chi connectivity index (χ1v) is 9.58. The van der Waals surface area contributed by atoms with Gasteiger partial charge in [0.1, 0.15) is 17.6 Å². The van der Waals surface area contributed by atoms with Crippen molar-refractivity contribution in [1.29, 1.82) is 0 Å². The summed E-state index contributed by atoms with van der Waals surface area (Å²) in [6.07, 6.45) is 4.38. The molecule has 1 unspecified atom stereocenters. The molecular formula is C23H28O6. The molecule has 0 aromatic heterocycles. The predicted molar refractivity (Wildman–Crippen MR) is 110 cm³/mol. The first kappa shape index (κ1) is 22.4. The van der Waals surface area contributed by atoms with E-state index in [0.29, 0.717) is 12.0 Å². The number of esters is 1. The maximum atomic E-state index is 12.6. The van der Waals surface area contributed by atoms with Gasteiger partial charge in [0.15, 0.2) is 11.6 Å². The van der Waals surface area contributed by atoms with Crippen molar-refractivity contribution >= 4 is 17.5 Å². The van der Waals surface area contributed by atoms with Gasteiger partial charge in [-0.1, -0.05) is 25.5 Å². The number of hydrogen-bond acceptors (Lipinski definition) is 6. The Kier molecular flexibility index (Phi) is 7.37. The van der Waals surface area contributed by atoms with Gasteiger partial charge in [-0.3, -0.25) is 14.4 Å². The SMILES string of the molecule is COc1cc(C(CC=C(C)C)OC(=O)CC(C)C)c(OC)c2c1C(=O)C=CC2=O. The lowest BCUT2D eigenvalue weighted by atomic mass is 9.88. The first-order valence-electron chi connectivity index (χ1n) is 9.58. The van der Waals surface area contributed by atoms with Crippen LogP contribution in [-0.2, 0) is 9.53 Å². The zero-order valence-electron chi connectivity index (χ0n) is 17.8. The van der Waals surface area contributed by atoms with Gasteiger partial charge < -0.3 is 14.2 Å². The molecule has 1 aromatic rings. The lowest BCUT2D eigenvalue weighted by Gasteiger charge is -2.25. The van der Waals surface area contributed by atoms with E-state index < -0.39 is 6.10 Å². The third kappa shape index (κ3) is 5.13. The summed E-state index contributed by atoms with van der Waals surface area (Å²) in [5, 5.41) is 0. The Balaban J connectivity index is 2.64. The smallest absolute Gasteiger partial charge is 0.306 e. The summed E-state index contributed by atoms with van der Waals surface area (Å²) >= 11 is 0. The van der Waals surface area contributed by atoms with E-state index in [4.69, 9.17) is 14.2 Å². The number of fused-ring (bicyclic) bond motifs is 1. The van der Waals surface area contributed by atoms with Crippen molar-refractivity contribution < 1.29 is 28.6 Å². The Morgan fingerprint density at radius 1 is 1.03 bits per heavy atom. The minimum Gasteiger partial charge on any atom is -0.496 e. The van der Waals surface area contributed by atoms with Gasteiger partial charge >= 0.3 is 5.97 Å². The van der Waals surface area contributed by atoms with Crippen LogP contribution in [0, 0.1) is 5.92 Å². The maximum absolute atomic E-state index is 12.6. The van der Waals surface area contributed by atoms with Crippen molar-refractivity contribution in [3.63, 3.8) is 0 Å². The second-order valence-corrected chi connectivity index (χ2v) is 7.61. The van der Waals surface area contributed by atoms with Crippen molar-refractivity contribution in [2.24, 2.45) is 5.92 Å². The molecule has 6 nitrogen and oxygen atoms in total. The van der Waals surface area contributed by atoms with Gasteiger partial charge in [0, 0.05) is 18.4 Å². The van der Waals surface area contributed by atoms with Crippen LogP contribution in [0.5, 0.6) is 11.5 Å². The molecule has 0 bridgehead atoms. The standard InChI is InChI=1S/C23H28O6/c1-13(2)7-10-18(29-20(26)11-14(3)4)15-12-19(27-5)21-16(24)8-9-17(25)22(21)23(15)28-6/h7-9,12,14,18H,10-11H2,1-6H3. The molecule has 29 heavy (non-hydrogen) atoms. The number of carbonyl (C=O) groups is 3. The summed E-state index contributed by atoms with van der Waals surface area (Å²) in [5.74, 6) is -0.400. The Morgan fingerprint density at radius 3 is 2.17 bits per heavy atom. The second-order valence-electron chi connectivity index (χ2n) is 7.61. The van der Waals surface area contributed by atoms with Crippen molar-refractivity contribution in [2.45, 2.75) is 46.6 Å². The van der Waals surface area contributed by atoms with Crippen LogP contribution in [0.3, 0.4) is 0 Å². The van der Waals surface area contributed by atoms with E-state index in [1.165, 1.54) is 26.4 Å². The lowest BCUT2D eigenvalue weighted by molar-refractivity contribution is -0.150. The Morgan fingerprint density at radius 2 is 1.66 bits per heavy atom. The molecule has 0 heterocycles. The topological polar surface area (TPSA) is 78.9 Å². The fourth-order valence-electron chi connectivity index (χ4n) is 3.20. The van der Waals surface area contributed by atoms with Crippen LogP contribution in [0.1, 0.15) is 72.9 Å². The minimum absolute atomic E-state index is 0.136. The number of hydrogen-bond donors (Lipinski definition) is 0. The molecule has 1 atom stereocenters. The highest BCUT2D eigenvalue weighted by molar-refractivity contribution is 6.24. The molecule has 0 N–H and O–H groups in total. The highest BCUT2D eigenvalue weighted by Crippen LogP contribution is 2.42. The second kappa shape index (κ2) is 9.54. The largest absolute Gasteiger partial charge is 0.496 e. The third-order valence-electron chi connectivity index (χ3n) is 4.51. The van der Waals surface area contributed by atoms with Crippen LogP contribution in [-0.4, -0.2) is 31.8 Å². The third-order valence-corrected chi connectivity index (χ3v) is 4.51. The average molecular weight is 400 g/mol. The normalized spacial score (nSPS) is 13.8. The minimum atomic E-state index is -0.681. The maximum Gasteiger partial charge on any atom is 0.306 e. The number of benzene rings is 1. The molecule has 156 valence electrons. The molecule has 1 aromatic carbocycles. The number of rotatable bonds is 8. The molecule has 0 radical (unpaired) electrons. The quantitative estimate of drug-likeness (QED) is 0.468. The Labute approximate surface area is 171 Å². The Bertz CT molecular complexity index is 872. The van der Waals surface area contributed by atoms with Crippen LogP contribution < -0.4 is 9.47 Å². The van der Waals surface area contributed by atoms with Gasteiger partial charge in [-0.2, -0.15) is 0 Å². The van der Waals surface area contributed by atoms with Crippen molar-refractivity contribution in [3.05, 3.63) is 46.6 Å². The molecule has 0 spiro atoms. The predicted octanol–water partition coefficient (Wildman–Crippen LogP) is 4.63. The van der Waals surface area contributed by atoms with E-state index in [9.17, 15) is 14.4 Å². The number of ether oxygens (including phenoxy) is 3. The molecule has 2 rings (SSSR count). The zero-order valence-corrected chi connectivity index (χ0v) is 17.8. The van der Waals surface area contributed by atoms with E-state index in [1.54, 1.807) is 6.07 Å². The van der Waals surface area contributed by atoms with Crippen LogP contribution in [0.25, 0.3) is 0 Å². The number of carbonyl (C=O) groups excluding carboxylic acids is 3. The molecule has 0 aliphatic heterocycles. The van der Waals surface area contributed by atoms with Crippen LogP contribution in [0.2, 0.25) is 0 Å². The van der Waals surface area contributed by atoms with E-state index in [2.05, 4.69) is 0 Å². The summed E-state index contributed by atoms with van der Waals surface area (Å²) in [6.45, 7) is 7.77. The number of ketones is 2. The van der Waals surface area contributed by atoms with Gasteiger partial charge in [-0.05, 0) is 38.0 Å². The molecule has 6 heteroatoms. The number of methoxy groups -OCH3 is 2. The zero-order chi connectivity index (χ0) is 21.7. The number of allylic oxidation sites excluding steroid dienone is 3. The van der Waals surface area contributed by atoms with E-state index in [-0.39, 0.29) is 52.5 Å². The molecule has 1 aliphatic carbocycles. The summed E-state index contributed by atoms with van der Waals surface area (Å²) in [4.78, 5) is 37.4. The van der Waals surface area contributed by atoms with Gasteiger partial charge in [-0.15, -0.1) is 0 Å². The van der Waals surface area contributed by atoms with Gasteiger partial charge in [0.2, 0.25) is 0 Å². The molecule has 0 saturated heterocycles. The van der Waals surface area contributed by atoms with E-state index in [0.717, 1.165) is 5.57 Å². The average Bonchev–Trinajstić information content (AvgIpc) is 2.65. The van der Waals surface area contributed by atoms with Gasteiger partial charge in [-0.25, -0.2) is 0 Å². The van der Waals surface area contributed by atoms with Crippen molar-refractivity contribution in [3.8, 4) is 11.5 Å². The molecular weight excluding hydrogens is 372 g/mol. The monoisotopic (exact) mass is 400 g/mol. The molecule has 0 fully saturated rings. The first-order chi connectivity index (χ1) is 13.7. The fraction of sp³-hybridized carbons (Fsp3) is 0.435.